The van der Waals surface area contributed by atoms with Gasteiger partial charge in [-0.05, 0) is 56.5 Å². The van der Waals surface area contributed by atoms with Gasteiger partial charge in [0.05, 0.1) is 0 Å². The van der Waals surface area contributed by atoms with Gasteiger partial charge in [-0.1, -0.05) is 42.3 Å². The fourth-order valence-corrected chi connectivity index (χ4v) is 3.91. The van der Waals surface area contributed by atoms with Gasteiger partial charge in [-0.3, -0.25) is 9.59 Å². The van der Waals surface area contributed by atoms with Crippen molar-refractivity contribution >= 4 is 35.0 Å². The molecule has 172 valence electrons. The molecule has 2 aromatic carbocycles. The van der Waals surface area contributed by atoms with E-state index in [1.165, 1.54) is 4.90 Å². The smallest absolute Gasteiger partial charge is 0.242 e. The van der Waals surface area contributed by atoms with Gasteiger partial charge in [0.15, 0.2) is 11.5 Å². The Bertz CT molecular complexity index is 962. The number of nitrogens with zero attached hydrogens (tertiary/aromatic N) is 1. The van der Waals surface area contributed by atoms with Gasteiger partial charge in [-0.25, -0.2) is 0 Å². The minimum Gasteiger partial charge on any atom is -0.454 e. The summed E-state index contributed by atoms with van der Waals surface area (Å²) in [5, 5.41) is 3.87. The Hall–Kier alpha value is -2.44. The second-order valence-corrected chi connectivity index (χ2v) is 8.72. The number of amides is 2. The van der Waals surface area contributed by atoms with Crippen LogP contribution in [0, 0.1) is 0 Å². The van der Waals surface area contributed by atoms with E-state index in [0.717, 1.165) is 12.0 Å². The molecule has 0 saturated carbocycles. The Balaban J connectivity index is 1.77. The molecule has 2 atom stereocenters. The molecule has 0 spiro atoms. The van der Waals surface area contributed by atoms with Gasteiger partial charge in [0.2, 0.25) is 18.6 Å². The van der Waals surface area contributed by atoms with Gasteiger partial charge in [-0.15, -0.1) is 0 Å². The average Bonchev–Trinajstić information content (AvgIpc) is 3.24. The second kappa shape index (κ2) is 10.9. The first-order valence-corrected chi connectivity index (χ1v) is 11.5. The Morgan fingerprint density at radius 2 is 1.78 bits per heavy atom. The van der Waals surface area contributed by atoms with Crippen LogP contribution in [-0.2, 0) is 22.6 Å². The van der Waals surface area contributed by atoms with Crippen LogP contribution < -0.4 is 14.8 Å². The first kappa shape index (κ1) is 24.2. The van der Waals surface area contributed by atoms with Crippen LogP contribution in [0.4, 0.5) is 0 Å². The van der Waals surface area contributed by atoms with Crippen LogP contribution >= 0.6 is 23.2 Å². The van der Waals surface area contributed by atoms with E-state index in [1.54, 1.807) is 25.1 Å². The first-order chi connectivity index (χ1) is 15.3. The zero-order valence-electron chi connectivity index (χ0n) is 18.5. The highest BCUT2D eigenvalue weighted by atomic mass is 35.5. The number of nitrogens with one attached hydrogen (secondary N) is 1. The number of hydrogen-bond acceptors (Lipinski definition) is 4. The summed E-state index contributed by atoms with van der Waals surface area (Å²) in [6, 6.07) is 10.2. The average molecular weight is 479 g/mol. The lowest BCUT2D eigenvalue weighted by Crippen LogP contribution is -2.49. The molecular weight excluding hydrogens is 451 g/mol. The number of benzene rings is 2. The van der Waals surface area contributed by atoms with Crippen molar-refractivity contribution in [1.82, 2.24) is 10.2 Å². The quantitative estimate of drug-likeness (QED) is 0.551. The number of rotatable bonds is 9. The normalized spacial score (nSPS) is 14.0. The molecule has 2 aromatic rings. The molecule has 2 amide bonds. The Morgan fingerprint density at radius 1 is 1.09 bits per heavy atom. The topological polar surface area (TPSA) is 67.9 Å². The van der Waals surface area contributed by atoms with E-state index in [1.807, 2.05) is 32.0 Å². The lowest BCUT2D eigenvalue weighted by molar-refractivity contribution is -0.140. The van der Waals surface area contributed by atoms with Crippen molar-refractivity contribution in [1.29, 1.82) is 0 Å². The van der Waals surface area contributed by atoms with Crippen molar-refractivity contribution in [3.63, 3.8) is 0 Å². The zero-order chi connectivity index (χ0) is 23.3. The summed E-state index contributed by atoms with van der Waals surface area (Å²) in [6.07, 6.45) is 1.53. The zero-order valence-corrected chi connectivity index (χ0v) is 20.0. The molecule has 1 N–H and O–H groups in total. The molecule has 0 saturated heterocycles. The third-order valence-corrected chi connectivity index (χ3v) is 6.33. The second-order valence-electron chi connectivity index (χ2n) is 7.90. The summed E-state index contributed by atoms with van der Waals surface area (Å²) in [5.74, 6) is 1.01. The highest BCUT2D eigenvalue weighted by Crippen LogP contribution is 2.33. The van der Waals surface area contributed by atoms with Crippen LogP contribution in [0.1, 0.15) is 44.7 Å². The molecule has 1 heterocycles. The maximum atomic E-state index is 13.3. The molecule has 3 rings (SSSR count). The van der Waals surface area contributed by atoms with Crippen LogP contribution in [0.25, 0.3) is 0 Å². The van der Waals surface area contributed by atoms with Crippen molar-refractivity contribution in [3.8, 4) is 11.5 Å². The van der Waals surface area contributed by atoms with Gasteiger partial charge in [-0.2, -0.15) is 0 Å². The number of carbonyl (C=O) groups excluding carboxylic acids is 2. The molecule has 32 heavy (non-hydrogen) atoms. The minimum atomic E-state index is -0.680. The number of carbonyl (C=O) groups is 2. The number of fused-ring (bicyclic) bond motifs is 1. The van der Waals surface area contributed by atoms with Crippen molar-refractivity contribution in [2.45, 2.75) is 58.7 Å². The Morgan fingerprint density at radius 3 is 2.47 bits per heavy atom. The molecule has 2 unspecified atom stereocenters. The van der Waals surface area contributed by atoms with Crippen LogP contribution in [0.2, 0.25) is 10.0 Å². The van der Waals surface area contributed by atoms with Crippen molar-refractivity contribution in [2.24, 2.45) is 0 Å². The van der Waals surface area contributed by atoms with Crippen LogP contribution in [-0.4, -0.2) is 35.6 Å². The summed E-state index contributed by atoms with van der Waals surface area (Å²) in [7, 11) is 0. The van der Waals surface area contributed by atoms with Gasteiger partial charge in [0.25, 0.3) is 0 Å². The summed E-state index contributed by atoms with van der Waals surface area (Å²) in [6.45, 7) is 6.00. The monoisotopic (exact) mass is 478 g/mol. The van der Waals surface area contributed by atoms with Gasteiger partial charge in [0, 0.05) is 34.6 Å². The van der Waals surface area contributed by atoms with Gasteiger partial charge >= 0.3 is 0 Å². The molecule has 6 nitrogen and oxygen atoms in total. The fourth-order valence-electron chi connectivity index (χ4n) is 3.39. The highest BCUT2D eigenvalue weighted by molar-refractivity contribution is 6.36. The Kier molecular flexibility index (Phi) is 8.26. The van der Waals surface area contributed by atoms with E-state index >= 15 is 0 Å². The van der Waals surface area contributed by atoms with E-state index in [2.05, 4.69) is 5.32 Å². The standard InChI is InChI=1S/C24H28Cl2N2O4/c1-4-15(2)27-24(30)16(3)28(13-18-19(25)6-5-7-20(18)26)23(29)11-9-17-8-10-21-22(12-17)32-14-31-21/h5-8,10,12,15-16H,4,9,11,13-14H2,1-3H3,(H,27,30). The predicted octanol–water partition coefficient (Wildman–Crippen LogP) is 4.99. The summed E-state index contributed by atoms with van der Waals surface area (Å²) >= 11 is 12.7. The van der Waals surface area contributed by atoms with Gasteiger partial charge < -0.3 is 19.7 Å². The molecule has 8 heteroatoms. The number of halogens is 2. The molecule has 1 aliphatic heterocycles. The highest BCUT2D eigenvalue weighted by Gasteiger charge is 2.28. The summed E-state index contributed by atoms with van der Waals surface area (Å²) in [5.41, 5.74) is 1.57. The van der Waals surface area contributed by atoms with Gasteiger partial charge in [0.1, 0.15) is 6.04 Å². The molecule has 0 bridgehead atoms. The number of ether oxygens (including phenoxy) is 2. The number of hydrogen-bond donors (Lipinski definition) is 1. The third kappa shape index (κ3) is 5.87. The molecule has 1 aliphatic rings. The van der Waals surface area contributed by atoms with Crippen LogP contribution in [0.15, 0.2) is 36.4 Å². The van der Waals surface area contributed by atoms with Crippen LogP contribution in [0.3, 0.4) is 0 Å². The molecule has 0 fully saturated rings. The predicted molar refractivity (Wildman–Crippen MR) is 125 cm³/mol. The molecular formula is C24H28Cl2N2O4. The third-order valence-electron chi connectivity index (χ3n) is 5.62. The van der Waals surface area contributed by atoms with E-state index in [-0.39, 0.29) is 37.6 Å². The minimum absolute atomic E-state index is 0.0134. The van der Waals surface area contributed by atoms with Crippen molar-refractivity contribution in [3.05, 3.63) is 57.6 Å². The lowest BCUT2D eigenvalue weighted by atomic mass is 10.1. The van der Waals surface area contributed by atoms with Crippen molar-refractivity contribution < 1.29 is 19.1 Å². The van der Waals surface area contributed by atoms with E-state index in [4.69, 9.17) is 32.7 Å². The maximum Gasteiger partial charge on any atom is 0.242 e. The summed E-state index contributed by atoms with van der Waals surface area (Å²) in [4.78, 5) is 27.6. The largest absolute Gasteiger partial charge is 0.454 e. The molecule has 0 aliphatic carbocycles. The van der Waals surface area contributed by atoms with E-state index in [0.29, 0.717) is 33.5 Å². The van der Waals surface area contributed by atoms with E-state index < -0.39 is 6.04 Å². The SMILES string of the molecule is CCC(C)NC(=O)C(C)N(Cc1c(Cl)cccc1Cl)C(=O)CCc1ccc2c(c1)OCO2. The van der Waals surface area contributed by atoms with Crippen LogP contribution in [0.5, 0.6) is 11.5 Å². The van der Waals surface area contributed by atoms with Crippen molar-refractivity contribution in [2.75, 3.05) is 6.79 Å². The summed E-state index contributed by atoms with van der Waals surface area (Å²) < 4.78 is 10.8. The van der Waals surface area contributed by atoms with E-state index in [9.17, 15) is 9.59 Å². The fraction of sp³-hybridized carbons (Fsp3) is 0.417. The number of aryl methyl sites for hydroxylation is 1. The lowest BCUT2D eigenvalue weighted by Gasteiger charge is -2.30. The maximum absolute atomic E-state index is 13.3. The first-order valence-electron chi connectivity index (χ1n) is 10.7. The molecule has 0 radical (unpaired) electrons. The Labute approximate surface area is 198 Å². The molecule has 0 aromatic heterocycles.